The maximum atomic E-state index is 12.4. The predicted molar refractivity (Wildman–Crippen MR) is 97.1 cm³/mol. The standard InChI is InChI=1S/C21H27N3O/c1-20-9-8-16-14(4-6-17-21(16,2)12-19(25)23(17)3)15(20)5-7-18(20)24-11-10-22-13-24/h6-7,10-11,13-16H,4-5,8-9,12H2,1-3H3/t14-,15-,16-,20-,21+/m0/s1. The first-order chi connectivity index (χ1) is 11.9. The molecular weight excluding hydrogens is 310 g/mol. The van der Waals surface area contributed by atoms with Crippen LogP contribution in [-0.4, -0.2) is 27.4 Å². The molecule has 1 aliphatic heterocycles. The van der Waals surface area contributed by atoms with Gasteiger partial charge in [-0.25, -0.2) is 4.98 Å². The van der Waals surface area contributed by atoms with Crippen molar-refractivity contribution in [2.24, 2.45) is 28.6 Å². The van der Waals surface area contributed by atoms with E-state index in [0.717, 1.165) is 12.8 Å². The Morgan fingerprint density at radius 1 is 1.12 bits per heavy atom. The third kappa shape index (κ3) is 1.83. The van der Waals surface area contributed by atoms with Gasteiger partial charge in [0.2, 0.25) is 5.91 Å². The van der Waals surface area contributed by atoms with Gasteiger partial charge in [-0.2, -0.15) is 0 Å². The van der Waals surface area contributed by atoms with E-state index in [1.165, 1.54) is 24.2 Å². The number of imidazole rings is 1. The van der Waals surface area contributed by atoms with Crippen molar-refractivity contribution < 1.29 is 4.79 Å². The van der Waals surface area contributed by atoms with Gasteiger partial charge in [0.05, 0.1) is 6.33 Å². The average molecular weight is 337 g/mol. The predicted octanol–water partition coefficient (Wildman–Crippen LogP) is 3.93. The molecule has 0 aromatic carbocycles. The number of likely N-dealkylation sites (tertiary alicyclic amines) is 1. The lowest BCUT2D eigenvalue weighted by Gasteiger charge is -2.54. The lowest BCUT2D eigenvalue weighted by atomic mass is 9.51. The van der Waals surface area contributed by atoms with Crippen LogP contribution in [0.5, 0.6) is 0 Å². The van der Waals surface area contributed by atoms with Crippen LogP contribution in [0.1, 0.15) is 46.0 Å². The highest BCUT2D eigenvalue weighted by Gasteiger charge is 2.59. The van der Waals surface area contributed by atoms with Gasteiger partial charge in [-0.05, 0) is 43.4 Å². The lowest BCUT2D eigenvalue weighted by Crippen LogP contribution is -2.48. The summed E-state index contributed by atoms with van der Waals surface area (Å²) in [5.74, 6) is 2.30. The Kier molecular flexibility index (Phi) is 3.00. The van der Waals surface area contributed by atoms with E-state index >= 15 is 0 Å². The van der Waals surface area contributed by atoms with Gasteiger partial charge in [0.1, 0.15) is 0 Å². The van der Waals surface area contributed by atoms with Crippen LogP contribution in [0, 0.1) is 28.6 Å². The van der Waals surface area contributed by atoms with Crippen LogP contribution in [-0.2, 0) is 4.79 Å². The van der Waals surface area contributed by atoms with Crippen molar-refractivity contribution in [1.82, 2.24) is 14.5 Å². The van der Waals surface area contributed by atoms with E-state index in [-0.39, 0.29) is 10.8 Å². The van der Waals surface area contributed by atoms with Crippen LogP contribution in [0.25, 0.3) is 5.70 Å². The molecule has 4 aliphatic rings. The Morgan fingerprint density at radius 2 is 1.92 bits per heavy atom. The van der Waals surface area contributed by atoms with E-state index in [2.05, 4.69) is 41.7 Å². The third-order valence-corrected chi connectivity index (χ3v) is 8.00. The number of nitrogens with zero attached hydrogens (tertiary/aromatic N) is 3. The van der Waals surface area contributed by atoms with Crippen molar-refractivity contribution in [3.05, 3.63) is 36.6 Å². The van der Waals surface area contributed by atoms with Crippen molar-refractivity contribution in [3.8, 4) is 0 Å². The first-order valence-corrected chi connectivity index (χ1v) is 9.61. The molecule has 2 fully saturated rings. The number of fused-ring (bicyclic) bond motifs is 5. The summed E-state index contributed by atoms with van der Waals surface area (Å²) in [5.41, 5.74) is 3.02. The summed E-state index contributed by atoms with van der Waals surface area (Å²) in [5, 5.41) is 0. The molecule has 0 unspecified atom stereocenters. The zero-order valence-electron chi connectivity index (χ0n) is 15.4. The second-order valence-electron chi connectivity index (χ2n) is 9.00. The van der Waals surface area contributed by atoms with Crippen LogP contribution in [0.15, 0.2) is 36.6 Å². The topological polar surface area (TPSA) is 38.1 Å². The average Bonchev–Trinajstić information content (AvgIpc) is 3.25. The molecule has 1 aromatic rings. The molecule has 1 saturated carbocycles. The second-order valence-corrected chi connectivity index (χ2v) is 9.00. The molecule has 4 nitrogen and oxygen atoms in total. The van der Waals surface area contributed by atoms with Gasteiger partial charge < -0.3 is 9.47 Å². The van der Waals surface area contributed by atoms with Crippen LogP contribution >= 0.6 is 0 Å². The molecule has 0 spiro atoms. The Hall–Kier alpha value is -1.84. The summed E-state index contributed by atoms with van der Waals surface area (Å²) in [4.78, 5) is 18.6. The van der Waals surface area contributed by atoms with Crippen molar-refractivity contribution >= 4 is 11.6 Å². The summed E-state index contributed by atoms with van der Waals surface area (Å²) in [7, 11) is 1.96. The molecule has 1 aromatic heterocycles. The summed E-state index contributed by atoms with van der Waals surface area (Å²) in [6.45, 7) is 4.80. The molecule has 0 radical (unpaired) electrons. The molecule has 5 atom stereocenters. The van der Waals surface area contributed by atoms with Crippen molar-refractivity contribution in [3.63, 3.8) is 0 Å². The van der Waals surface area contributed by atoms with Gasteiger partial charge in [-0.3, -0.25) is 4.79 Å². The van der Waals surface area contributed by atoms with Crippen molar-refractivity contribution in [2.75, 3.05) is 7.05 Å². The Labute approximate surface area is 149 Å². The molecule has 1 saturated heterocycles. The number of carbonyl (C=O) groups is 1. The molecular formula is C21H27N3O. The largest absolute Gasteiger partial charge is 0.319 e. The van der Waals surface area contributed by atoms with Gasteiger partial charge >= 0.3 is 0 Å². The highest BCUT2D eigenvalue weighted by atomic mass is 16.2. The van der Waals surface area contributed by atoms with E-state index in [4.69, 9.17) is 0 Å². The molecule has 5 rings (SSSR count). The van der Waals surface area contributed by atoms with Crippen LogP contribution in [0.2, 0.25) is 0 Å². The van der Waals surface area contributed by atoms with Gasteiger partial charge in [-0.15, -0.1) is 0 Å². The fourth-order valence-corrected chi connectivity index (χ4v) is 6.73. The quantitative estimate of drug-likeness (QED) is 0.779. The smallest absolute Gasteiger partial charge is 0.227 e. The van der Waals surface area contributed by atoms with E-state index in [9.17, 15) is 4.79 Å². The van der Waals surface area contributed by atoms with Gasteiger partial charge in [-0.1, -0.05) is 26.0 Å². The summed E-state index contributed by atoms with van der Waals surface area (Å²) in [6.07, 6.45) is 16.1. The Morgan fingerprint density at radius 3 is 2.68 bits per heavy atom. The SMILES string of the molecule is CN1C(=O)C[C@@]2(C)C1=CC[C@@H]1[C@@H]2CC[C@]2(C)C(n3ccnc3)=CC[C@@H]12. The minimum atomic E-state index is 0.0494. The number of allylic oxidation sites excluding steroid dienone is 4. The lowest BCUT2D eigenvalue weighted by molar-refractivity contribution is -0.126. The fourth-order valence-electron chi connectivity index (χ4n) is 6.73. The van der Waals surface area contributed by atoms with Gasteiger partial charge in [0, 0.05) is 48.1 Å². The van der Waals surface area contributed by atoms with E-state index in [1.54, 1.807) is 0 Å². The molecule has 132 valence electrons. The molecule has 2 heterocycles. The zero-order chi connectivity index (χ0) is 17.4. The maximum absolute atomic E-state index is 12.4. The molecule has 1 amide bonds. The van der Waals surface area contributed by atoms with Gasteiger partial charge in [0.15, 0.2) is 0 Å². The highest BCUT2D eigenvalue weighted by Crippen LogP contribution is 2.65. The third-order valence-electron chi connectivity index (χ3n) is 8.00. The number of carbonyl (C=O) groups excluding carboxylic acids is 1. The van der Waals surface area contributed by atoms with Crippen LogP contribution in [0.4, 0.5) is 0 Å². The summed E-state index contributed by atoms with van der Waals surface area (Å²) >= 11 is 0. The zero-order valence-corrected chi connectivity index (χ0v) is 15.4. The normalized spacial score (nSPS) is 42.6. The first-order valence-electron chi connectivity index (χ1n) is 9.61. The second kappa shape index (κ2) is 4.87. The Bertz CT molecular complexity index is 792. The minimum Gasteiger partial charge on any atom is -0.319 e. The summed E-state index contributed by atoms with van der Waals surface area (Å²) in [6, 6.07) is 0. The van der Waals surface area contributed by atoms with Crippen molar-refractivity contribution in [1.29, 1.82) is 0 Å². The molecule has 4 heteroatoms. The van der Waals surface area contributed by atoms with E-state index < -0.39 is 0 Å². The number of hydrogen-bond donors (Lipinski definition) is 0. The minimum absolute atomic E-state index is 0.0494. The van der Waals surface area contributed by atoms with Crippen LogP contribution in [0.3, 0.4) is 0 Å². The molecule has 0 N–H and O–H groups in total. The molecule has 25 heavy (non-hydrogen) atoms. The summed E-state index contributed by atoms with van der Waals surface area (Å²) < 4.78 is 2.22. The van der Waals surface area contributed by atoms with Gasteiger partial charge in [0.25, 0.3) is 0 Å². The fraction of sp³-hybridized carbons (Fsp3) is 0.619. The maximum Gasteiger partial charge on any atom is 0.227 e. The van der Waals surface area contributed by atoms with E-state index in [0.29, 0.717) is 30.1 Å². The number of amides is 1. The number of aromatic nitrogens is 2. The molecule has 3 aliphatic carbocycles. The van der Waals surface area contributed by atoms with E-state index in [1.807, 2.05) is 24.5 Å². The monoisotopic (exact) mass is 337 g/mol. The van der Waals surface area contributed by atoms with Crippen molar-refractivity contribution in [2.45, 2.75) is 46.0 Å². The highest BCUT2D eigenvalue weighted by molar-refractivity contribution is 5.83. The number of rotatable bonds is 1. The Balaban J connectivity index is 1.51. The number of hydrogen-bond acceptors (Lipinski definition) is 2. The van der Waals surface area contributed by atoms with Crippen LogP contribution < -0.4 is 0 Å². The first kappa shape index (κ1) is 15.4. The molecule has 0 bridgehead atoms.